The third-order valence-electron chi connectivity index (χ3n) is 3.19. The van der Waals surface area contributed by atoms with Gasteiger partial charge in [-0.2, -0.15) is 0 Å². The summed E-state index contributed by atoms with van der Waals surface area (Å²) in [4.78, 5) is 23.0. The minimum absolute atomic E-state index is 0.0745. The molecule has 0 aliphatic heterocycles. The first-order valence-corrected chi connectivity index (χ1v) is 8.88. The summed E-state index contributed by atoms with van der Waals surface area (Å²) < 4.78 is 22.6. The van der Waals surface area contributed by atoms with Crippen LogP contribution in [0.3, 0.4) is 0 Å². The van der Waals surface area contributed by atoms with Crippen LogP contribution in [0.15, 0.2) is 12.1 Å². The molecule has 0 radical (unpaired) electrons. The molecule has 2 N–H and O–H groups in total. The lowest BCUT2D eigenvalue weighted by Gasteiger charge is -2.14. The van der Waals surface area contributed by atoms with E-state index in [4.69, 9.17) is 5.11 Å². The zero-order valence-corrected chi connectivity index (χ0v) is 12.5. The van der Waals surface area contributed by atoms with Gasteiger partial charge in [-0.05, 0) is 25.0 Å². The average molecular weight is 317 g/mol. The monoisotopic (exact) mass is 317 g/mol. The smallest absolute Gasteiger partial charge is 0.345 e. The number of rotatable bonds is 6. The summed E-state index contributed by atoms with van der Waals surface area (Å²) in [6.07, 6.45) is 2.75. The third kappa shape index (κ3) is 3.80. The normalized spacial score (nSPS) is 16.6. The molecule has 6 nitrogen and oxygen atoms in total. The van der Waals surface area contributed by atoms with Crippen molar-refractivity contribution in [3.8, 4) is 0 Å². The molecule has 1 aliphatic carbocycles. The number of thiophene rings is 1. The van der Waals surface area contributed by atoms with Crippen molar-refractivity contribution in [2.45, 2.75) is 12.8 Å². The first kappa shape index (κ1) is 15.0. The number of nitrogens with one attached hydrogen (secondary N) is 1. The molecule has 1 amide bonds. The summed E-state index contributed by atoms with van der Waals surface area (Å²) in [7, 11) is -3.07. The average Bonchev–Trinajstić information content (AvgIpc) is 2.90. The molecule has 1 aromatic heterocycles. The van der Waals surface area contributed by atoms with E-state index in [1.165, 1.54) is 18.4 Å². The Morgan fingerprint density at radius 1 is 1.35 bits per heavy atom. The zero-order chi connectivity index (χ0) is 15.0. The van der Waals surface area contributed by atoms with Crippen molar-refractivity contribution in [1.29, 1.82) is 0 Å². The van der Waals surface area contributed by atoms with Crippen molar-refractivity contribution in [3.05, 3.63) is 21.9 Å². The van der Waals surface area contributed by atoms with E-state index in [9.17, 15) is 18.0 Å². The molecule has 1 aliphatic rings. The first-order valence-electron chi connectivity index (χ1n) is 6.00. The van der Waals surface area contributed by atoms with Crippen LogP contribution in [0.25, 0.3) is 0 Å². The number of carboxylic acids is 1. The SMILES string of the molecule is CS(=O)(=O)CC1(CNC(=O)c2ccc(C(=O)O)s2)CC1. The van der Waals surface area contributed by atoms with Crippen molar-refractivity contribution >= 4 is 33.1 Å². The van der Waals surface area contributed by atoms with Gasteiger partial charge < -0.3 is 10.4 Å². The lowest BCUT2D eigenvalue weighted by Crippen LogP contribution is -2.33. The molecule has 1 fully saturated rings. The van der Waals surface area contributed by atoms with Crippen LogP contribution in [0.5, 0.6) is 0 Å². The molecule has 0 bridgehead atoms. The second kappa shape index (κ2) is 5.17. The fourth-order valence-corrected chi connectivity index (χ4v) is 4.30. The minimum Gasteiger partial charge on any atom is -0.477 e. The highest BCUT2D eigenvalue weighted by Gasteiger charge is 2.45. The molecule has 1 aromatic rings. The fourth-order valence-electron chi connectivity index (χ4n) is 2.03. The van der Waals surface area contributed by atoms with Crippen molar-refractivity contribution in [2.75, 3.05) is 18.6 Å². The van der Waals surface area contributed by atoms with E-state index in [1.54, 1.807) is 0 Å². The summed E-state index contributed by atoms with van der Waals surface area (Å²) >= 11 is 0.903. The standard InChI is InChI=1S/C12H15NO5S2/c1-20(17,18)7-12(4-5-12)6-13-10(14)8-2-3-9(19-8)11(15)16/h2-3H,4-7H2,1H3,(H,13,14)(H,15,16). The third-order valence-corrected chi connectivity index (χ3v) is 5.40. The van der Waals surface area contributed by atoms with E-state index in [0.717, 1.165) is 24.2 Å². The van der Waals surface area contributed by atoms with E-state index in [2.05, 4.69) is 5.32 Å². The molecular formula is C12H15NO5S2. The van der Waals surface area contributed by atoms with Crippen LogP contribution in [-0.2, 0) is 9.84 Å². The van der Waals surface area contributed by atoms with Gasteiger partial charge in [0, 0.05) is 18.2 Å². The molecule has 1 saturated carbocycles. The molecule has 1 heterocycles. The van der Waals surface area contributed by atoms with Gasteiger partial charge in [0.15, 0.2) is 0 Å². The maximum absolute atomic E-state index is 11.9. The highest BCUT2D eigenvalue weighted by molar-refractivity contribution is 7.90. The van der Waals surface area contributed by atoms with Gasteiger partial charge in [0.25, 0.3) is 5.91 Å². The largest absolute Gasteiger partial charge is 0.477 e. The van der Waals surface area contributed by atoms with E-state index >= 15 is 0 Å². The molecule has 110 valence electrons. The number of carboxylic acid groups (broad SMARTS) is 1. The molecule has 8 heteroatoms. The van der Waals surface area contributed by atoms with E-state index in [0.29, 0.717) is 11.4 Å². The highest BCUT2D eigenvalue weighted by Crippen LogP contribution is 2.46. The van der Waals surface area contributed by atoms with Gasteiger partial charge >= 0.3 is 5.97 Å². The van der Waals surface area contributed by atoms with Crippen LogP contribution in [0.4, 0.5) is 0 Å². The molecular weight excluding hydrogens is 302 g/mol. The topological polar surface area (TPSA) is 101 Å². The Morgan fingerprint density at radius 3 is 2.40 bits per heavy atom. The Kier molecular flexibility index (Phi) is 3.88. The summed E-state index contributed by atoms with van der Waals surface area (Å²) in [5.74, 6) is -1.35. The molecule has 0 atom stereocenters. The van der Waals surface area contributed by atoms with Crippen molar-refractivity contribution in [3.63, 3.8) is 0 Å². The van der Waals surface area contributed by atoms with Crippen LogP contribution in [0.1, 0.15) is 32.2 Å². The predicted molar refractivity (Wildman–Crippen MR) is 75.0 cm³/mol. The lowest BCUT2D eigenvalue weighted by atomic mass is 10.1. The van der Waals surface area contributed by atoms with Crippen LogP contribution in [0, 0.1) is 5.41 Å². The molecule has 2 rings (SSSR count). The van der Waals surface area contributed by atoms with Gasteiger partial charge in [-0.25, -0.2) is 13.2 Å². The molecule has 0 spiro atoms. The minimum atomic E-state index is -3.07. The van der Waals surface area contributed by atoms with Gasteiger partial charge in [0.05, 0.1) is 10.6 Å². The van der Waals surface area contributed by atoms with Crippen LogP contribution in [-0.4, -0.2) is 44.0 Å². The number of carbonyl (C=O) groups is 2. The first-order chi connectivity index (χ1) is 9.21. The summed E-state index contributed by atoms with van der Waals surface area (Å²) in [5, 5.41) is 11.5. The Labute approximate surface area is 120 Å². The lowest BCUT2D eigenvalue weighted by molar-refractivity contribution is 0.0702. The second-order valence-corrected chi connectivity index (χ2v) is 8.45. The number of aromatic carboxylic acids is 1. The Morgan fingerprint density at radius 2 is 1.95 bits per heavy atom. The maximum Gasteiger partial charge on any atom is 0.345 e. The quantitative estimate of drug-likeness (QED) is 0.815. The number of hydrogen-bond acceptors (Lipinski definition) is 5. The number of sulfone groups is 1. The van der Waals surface area contributed by atoms with Gasteiger partial charge in [-0.1, -0.05) is 0 Å². The summed E-state index contributed by atoms with van der Waals surface area (Å²) in [5.41, 5.74) is -0.337. The molecule has 0 saturated heterocycles. The van der Waals surface area contributed by atoms with Gasteiger partial charge in [0.1, 0.15) is 14.7 Å². The Balaban J connectivity index is 1.94. The molecule has 20 heavy (non-hydrogen) atoms. The number of hydrogen-bond donors (Lipinski definition) is 2. The van der Waals surface area contributed by atoms with E-state index in [-0.39, 0.29) is 22.0 Å². The van der Waals surface area contributed by atoms with E-state index < -0.39 is 15.8 Å². The highest BCUT2D eigenvalue weighted by atomic mass is 32.2. The second-order valence-electron chi connectivity index (χ2n) is 5.22. The maximum atomic E-state index is 11.9. The summed E-state index contributed by atoms with van der Waals surface area (Å²) in [6.45, 7) is 0.305. The van der Waals surface area contributed by atoms with E-state index in [1.807, 2.05) is 0 Å². The predicted octanol–water partition coefficient (Wildman–Crippen LogP) is 1.00. The van der Waals surface area contributed by atoms with Gasteiger partial charge in [-0.3, -0.25) is 4.79 Å². The Bertz CT molecular complexity index is 643. The van der Waals surface area contributed by atoms with Crippen molar-refractivity contribution in [2.24, 2.45) is 5.41 Å². The van der Waals surface area contributed by atoms with Crippen LogP contribution in [0.2, 0.25) is 0 Å². The molecule has 0 aromatic carbocycles. The number of amides is 1. The zero-order valence-electron chi connectivity index (χ0n) is 10.9. The van der Waals surface area contributed by atoms with Crippen LogP contribution >= 0.6 is 11.3 Å². The van der Waals surface area contributed by atoms with Crippen molar-refractivity contribution < 1.29 is 23.1 Å². The van der Waals surface area contributed by atoms with Gasteiger partial charge in [-0.15, -0.1) is 11.3 Å². The summed E-state index contributed by atoms with van der Waals surface area (Å²) in [6, 6.07) is 2.84. The molecule has 0 unspecified atom stereocenters. The van der Waals surface area contributed by atoms with Crippen molar-refractivity contribution in [1.82, 2.24) is 5.32 Å². The fraction of sp³-hybridized carbons (Fsp3) is 0.500. The van der Waals surface area contributed by atoms with Crippen LogP contribution < -0.4 is 5.32 Å². The number of carbonyl (C=O) groups excluding carboxylic acids is 1. The Hall–Kier alpha value is -1.41. The van der Waals surface area contributed by atoms with Gasteiger partial charge in [0.2, 0.25) is 0 Å².